The molecule has 2 nitrogen and oxygen atoms in total. The highest BCUT2D eigenvalue weighted by Gasteiger charge is 2.20. The Morgan fingerprint density at radius 2 is 1.93 bits per heavy atom. The van der Waals surface area contributed by atoms with Gasteiger partial charge in [-0.3, -0.25) is 0 Å². The first-order valence-corrected chi connectivity index (χ1v) is 5.41. The van der Waals surface area contributed by atoms with Crippen molar-refractivity contribution in [1.82, 2.24) is 0 Å². The van der Waals surface area contributed by atoms with Gasteiger partial charge in [-0.1, -0.05) is 0 Å². The molecule has 0 saturated carbocycles. The molecule has 0 aliphatic rings. The van der Waals surface area contributed by atoms with Crippen LogP contribution in [0, 0.1) is 13.8 Å². The second-order valence-electron chi connectivity index (χ2n) is 4.33. The Morgan fingerprint density at radius 1 is 1.36 bits per heavy atom. The summed E-state index contributed by atoms with van der Waals surface area (Å²) < 4.78 is 5.29. The van der Waals surface area contributed by atoms with Gasteiger partial charge in [0.05, 0.1) is 5.56 Å². The Kier molecular flexibility index (Phi) is 3.00. The second kappa shape index (κ2) is 3.73. The molecule has 1 rings (SSSR count). The van der Waals surface area contributed by atoms with E-state index in [0.29, 0.717) is 5.56 Å². The third-order valence-corrected chi connectivity index (χ3v) is 2.63. The van der Waals surface area contributed by atoms with Crippen LogP contribution in [-0.4, -0.2) is 11.6 Å². The van der Waals surface area contributed by atoms with Crippen molar-refractivity contribution < 1.29 is 9.53 Å². The van der Waals surface area contributed by atoms with Crippen LogP contribution in [0.2, 0.25) is 0 Å². The molecular formula is C11H16O2S. The minimum Gasteiger partial charge on any atom is -0.456 e. The molecule has 14 heavy (non-hydrogen) atoms. The molecule has 1 heterocycles. The molecule has 1 aromatic rings. The molecule has 0 fully saturated rings. The molecule has 0 amide bonds. The molecule has 0 aliphatic carbocycles. The first-order chi connectivity index (χ1) is 6.29. The summed E-state index contributed by atoms with van der Waals surface area (Å²) in [5.74, 6) is -0.223. The van der Waals surface area contributed by atoms with Gasteiger partial charge < -0.3 is 4.74 Å². The second-order valence-corrected chi connectivity index (χ2v) is 5.79. The molecule has 78 valence electrons. The lowest BCUT2D eigenvalue weighted by Gasteiger charge is -2.19. The molecule has 0 spiro atoms. The number of aryl methyl sites for hydroxylation is 2. The summed E-state index contributed by atoms with van der Waals surface area (Å²) >= 11 is 1.62. The number of carbonyl (C=O) groups is 1. The number of carbonyl (C=O) groups excluding carboxylic acids is 1. The third-order valence-electron chi connectivity index (χ3n) is 1.66. The van der Waals surface area contributed by atoms with E-state index < -0.39 is 5.60 Å². The number of thiophene rings is 1. The molecule has 0 bridgehead atoms. The van der Waals surface area contributed by atoms with Gasteiger partial charge in [0.25, 0.3) is 0 Å². The standard InChI is InChI=1S/C11H16O2S/c1-7-6-9(8(2)14-7)10(12)13-11(3,4)5/h6H,1-5H3. The predicted molar refractivity (Wildman–Crippen MR) is 59.0 cm³/mol. The van der Waals surface area contributed by atoms with Gasteiger partial charge in [-0.05, 0) is 40.7 Å². The lowest BCUT2D eigenvalue weighted by atomic mass is 10.2. The average Bonchev–Trinajstić information content (AvgIpc) is 2.26. The van der Waals surface area contributed by atoms with E-state index in [1.165, 1.54) is 0 Å². The average molecular weight is 212 g/mol. The smallest absolute Gasteiger partial charge is 0.339 e. The van der Waals surface area contributed by atoms with E-state index in [0.717, 1.165) is 9.75 Å². The van der Waals surface area contributed by atoms with Gasteiger partial charge in [0.2, 0.25) is 0 Å². The Labute approximate surface area is 88.9 Å². The maximum Gasteiger partial charge on any atom is 0.339 e. The lowest BCUT2D eigenvalue weighted by Crippen LogP contribution is -2.23. The van der Waals surface area contributed by atoms with Gasteiger partial charge in [-0.25, -0.2) is 4.79 Å². The van der Waals surface area contributed by atoms with Crippen molar-refractivity contribution in [1.29, 1.82) is 0 Å². The molecule has 0 radical (unpaired) electrons. The SMILES string of the molecule is Cc1cc(C(=O)OC(C)(C)C)c(C)s1. The van der Waals surface area contributed by atoms with Crippen molar-refractivity contribution in [2.75, 3.05) is 0 Å². The number of hydrogen-bond acceptors (Lipinski definition) is 3. The summed E-state index contributed by atoms with van der Waals surface area (Å²) in [4.78, 5) is 13.8. The fourth-order valence-corrected chi connectivity index (χ4v) is 2.08. The summed E-state index contributed by atoms with van der Waals surface area (Å²) in [6.07, 6.45) is 0. The summed E-state index contributed by atoms with van der Waals surface area (Å²) in [5.41, 5.74) is 0.279. The first-order valence-electron chi connectivity index (χ1n) is 4.60. The third kappa shape index (κ3) is 2.84. The van der Waals surface area contributed by atoms with E-state index in [2.05, 4.69) is 0 Å². The van der Waals surface area contributed by atoms with Crippen LogP contribution >= 0.6 is 11.3 Å². The first kappa shape index (κ1) is 11.2. The minimum atomic E-state index is -0.417. The Morgan fingerprint density at radius 3 is 2.29 bits per heavy atom. The van der Waals surface area contributed by atoms with Crippen LogP contribution in [0.1, 0.15) is 40.9 Å². The van der Waals surface area contributed by atoms with E-state index in [1.807, 2.05) is 40.7 Å². The highest BCUT2D eigenvalue weighted by Crippen LogP contribution is 2.23. The summed E-state index contributed by atoms with van der Waals surface area (Å²) in [6.45, 7) is 9.56. The monoisotopic (exact) mass is 212 g/mol. The van der Waals surface area contributed by atoms with Crippen LogP contribution in [0.25, 0.3) is 0 Å². The zero-order valence-corrected chi connectivity index (χ0v) is 10.1. The number of esters is 1. The number of rotatable bonds is 1. The van der Waals surface area contributed by atoms with E-state index >= 15 is 0 Å². The zero-order valence-electron chi connectivity index (χ0n) is 9.30. The fraction of sp³-hybridized carbons (Fsp3) is 0.545. The summed E-state index contributed by atoms with van der Waals surface area (Å²) in [7, 11) is 0. The normalized spacial score (nSPS) is 11.5. The molecule has 0 N–H and O–H groups in total. The lowest BCUT2D eigenvalue weighted by molar-refractivity contribution is 0.00694. The predicted octanol–water partition coefficient (Wildman–Crippen LogP) is 3.32. The topological polar surface area (TPSA) is 26.3 Å². The van der Waals surface area contributed by atoms with E-state index in [9.17, 15) is 4.79 Å². The molecule has 0 aliphatic heterocycles. The number of hydrogen-bond donors (Lipinski definition) is 0. The highest BCUT2D eigenvalue weighted by atomic mass is 32.1. The zero-order chi connectivity index (χ0) is 10.9. The van der Waals surface area contributed by atoms with Gasteiger partial charge in [-0.2, -0.15) is 0 Å². The van der Waals surface area contributed by atoms with Gasteiger partial charge in [0.15, 0.2) is 0 Å². The summed E-state index contributed by atoms with van der Waals surface area (Å²) in [6, 6.07) is 1.88. The van der Waals surface area contributed by atoms with Crippen LogP contribution in [0.5, 0.6) is 0 Å². The minimum absolute atomic E-state index is 0.223. The Balaban J connectivity index is 2.85. The molecule has 0 aromatic carbocycles. The van der Waals surface area contributed by atoms with Crippen molar-refractivity contribution in [2.24, 2.45) is 0 Å². The fourth-order valence-electron chi connectivity index (χ4n) is 1.17. The molecule has 1 aromatic heterocycles. The Bertz CT molecular complexity index is 345. The van der Waals surface area contributed by atoms with Gasteiger partial charge in [-0.15, -0.1) is 11.3 Å². The van der Waals surface area contributed by atoms with Crippen LogP contribution in [0.4, 0.5) is 0 Å². The summed E-state index contributed by atoms with van der Waals surface area (Å²) in [5, 5.41) is 0. The van der Waals surface area contributed by atoms with E-state index in [4.69, 9.17) is 4.74 Å². The van der Waals surface area contributed by atoms with Crippen LogP contribution in [-0.2, 0) is 4.74 Å². The van der Waals surface area contributed by atoms with Gasteiger partial charge >= 0.3 is 5.97 Å². The van der Waals surface area contributed by atoms with Gasteiger partial charge in [0, 0.05) is 9.75 Å². The van der Waals surface area contributed by atoms with E-state index in [1.54, 1.807) is 11.3 Å². The molecule has 0 unspecified atom stereocenters. The van der Waals surface area contributed by atoms with Crippen molar-refractivity contribution in [2.45, 2.75) is 40.2 Å². The van der Waals surface area contributed by atoms with Gasteiger partial charge in [0.1, 0.15) is 5.60 Å². The van der Waals surface area contributed by atoms with Crippen LogP contribution in [0.3, 0.4) is 0 Å². The van der Waals surface area contributed by atoms with Crippen molar-refractivity contribution in [3.8, 4) is 0 Å². The van der Waals surface area contributed by atoms with Crippen LogP contribution < -0.4 is 0 Å². The van der Waals surface area contributed by atoms with Crippen molar-refractivity contribution in [3.63, 3.8) is 0 Å². The van der Waals surface area contributed by atoms with Crippen molar-refractivity contribution in [3.05, 3.63) is 21.4 Å². The quantitative estimate of drug-likeness (QED) is 0.667. The van der Waals surface area contributed by atoms with Crippen molar-refractivity contribution >= 4 is 17.3 Å². The molecule has 3 heteroatoms. The van der Waals surface area contributed by atoms with E-state index in [-0.39, 0.29) is 5.97 Å². The molecule has 0 saturated heterocycles. The molecular weight excluding hydrogens is 196 g/mol. The maximum atomic E-state index is 11.7. The van der Waals surface area contributed by atoms with Crippen LogP contribution in [0.15, 0.2) is 6.07 Å². The molecule has 0 atom stereocenters. The maximum absolute atomic E-state index is 11.7. The Hall–Kier alpha value is -0.830. The largest absolute Gasteiger partial charge is 0.456 e. The number of ether oxygens (including phenoxy) is 1. The highest BCUT2D eigenvalue weighted by molar-refractivity contribution is 7.12.